The number of anilines is 1. The Balaban J connectivity index is 1.51. The van der Waals surface area contributed by atoms with Gasteiger partial charge in [-0.25, -0.2) is 4.98 Å². The molecule has 0 radical (unpaired) electrons. The lowest BCUT2D eigenvalue weighted by molar-refractivity contribution is -0.153. The molecular weight excluding hydrogens is 413 g/mol. The topological polar surface area (TPSA) is 87.6 Å². The van der Waals surface area contributed by atoms with Gasteiger partial charge in [-0.1, -0.05) is 6.07 Å². The molecule has 0 bridgehead atoms. The summed E-state index contributed by atoms with van der Waals surface area (Å²) in [6, 6.07) is 6.25. The maximum absolute atomic E-state index is 12.4. The van der Waals surface area contributed by atoms with Crippen molar-refractivity contribution < 1.29 is 27.8 Å². The number of ether oxygens (including phenoxy) is 1. The smallest absolute Gasteiger partial charge is 0.422 e. The number of aliphatic hydroxyl groups excluding tert-OH is 1. The SMILES string of the molecule is C[C@@H](NC(=O)Cc1ccc(N2CCC[C@H]2CO)nc1)c1ccc(OCC(F)(F)F)cn1. The Morgan fingerprint density at radius 3 is 2.71 bits per heavy atom. The first-order valence-corrected chi connectivity index (χ1v) is 10.0. The van der Waals surface area contributed by atoms with E-state index in [0.717, 1.165) is 30.8 Å². The molecule has 0 saturated carbocycles. The summed E-state index contributed by atoms with van der Waals surface area (Å²) in [5, 5.41) is 12.3. The quantitative estimate of drug-likeness (QED) is 0.659. The lowest BCUT2D eigenvalue weighted by Gasteiger charge is -2.24. The van der Waals surface area contributed by atoms with Gasteiger partial charge in [0.2, 0.25) is 5.91 Å². The van der Waals surface area contributed by atoms with Crippen LogP contribution in [0.1, 0.15) is 37.1 Å². The second-order valence-electron chi connectivity index (χ2n) is 7.49. The first-order valence-electron chi connectivity index (χ1n) is 10.0. The molecule has 1 fully saturated rings. The van der Waals surface area contributed by atoms with Crippen LogP contribution in [0.2, 0.25) is 0 Å². The molecule has 1 saturated heterocycles. The number of carbonyl (C=O) groups is 1. The van der Waals surface area contributed by atoms with Gasteiger partial charge in [0.05, 0.1) is 37.0 Å². The summed E-state index contributed by atoms with van der Waals surface area (Å²) in [6.45, 7) is 1.29. The standard InChI is InChI=1S/C21H25F3N4O3/c1-14(18-6-5-17(11-25-18)31-13-21(22,23)24)27-20(30)9-15-4-7-19(26-10-15)28-8-2-3-16(28)12-29/h4-7,10-11,14,16,29H,2-3,8-9,12-13H2,1H3,(H,27,30)/t14-,16+/m1/s1. The summed E-state index contributed by atoms with van der Waals surface area (Å²) >= 11 is 0. The van der Waals surface area contributed by atoms with E-state index in [2.05, 4.69) is 24.9 Å². The third kappa shape index (κ3) is 6.55. The number of aromatic nitrogens is 2. The molecule has 2 aromatic rings. The van der Waals surface area contributed by atoms with E-state index < -0.39 is 18.8 Å². The van der Waals surface area contributed by atoms with Crippen molar-refractivity contribution in [2.75, 3.05) is 24.7 Å². The van der Waals surface area contributed by atoms with Gasteiger partial charge in [0, 0.05) is 12.7 Å². The lowest BCUT2D eigenvalue weighted by Crippen LogP contribution is -2.32. The van der Waals surface area contributed by atoms with Crippen LogP contribution in [-0.4, -0.2) is 53.0 Å². The molecular formula is C21H25F3N4O3. The zero-order valence-electron chi connectivity index (χ0n) is 17.1. The van der Waals surface area contributed by atoms with Crippen LogP contribution in [0.4, 0.5) is 19.0 Å². The summed E-state index contributed by atoms with van der Waals surface area (Å²) in [5.41, 5.74) is 1.25. The molecule has 7 nitrogen and oxygen atoms in total. The molecule has 1 amide bonds. The Labute approximate surface area is 178 Å². The number of halogens is 3. The summed E-state index contributed by atoms with van der Waals surface area (Å²) in [7, 11) is 0. The fourth-order valence-electron chi connectivity index (χ4n) is 3.47. The van der Waals surface area contributed by atoms with Crippen molar-refractivity contribution in [3.05, 3.63) is 47.9 Å². The third-order valence-corrected chi connectivity index (χ3v) is 5.04. The fourth-order valence-corrected chi connectivity index (χ4v) is 3.47. The minimum absolute atomic E-state index is 0.00667. The van der Waals surface area contributed by atoms with Crippen molar-refractivity contribution in [3.8, 4) is 5.75 Å². The Kier molecular flexibility index (Phi) is 7.32. The molecule has 2 N–H and O–H groups in total. The van der Waals surface area contributed by atoms with Crippen LogP contribution in [0.3, 0.4) is 0 Å². The third-order valence-electron chi connectivity index (χ3n) is 5.04. The van der Waals surface area contributed by atoms with Crippen LogP contribution in [0, 0.1) is 0 Å². The number of rotatable bonds is 8. The molecule has 0 aromatic carbocycles. The summed E-state index contributed by atoms with van der Waals surface area (Å²) in [5.74, 6) is 0.564. The number of hydrogen-bond donors (Lipinski definition) is 2. The molecule has 10 heteroatoms. The highest BCUT2D eigenvalue weighted by Gasteiger charge is 2.28. The predicted octanol–water partition coefficient (Wildman–Crippen LogP) is 2.80. The minimum atomic E-state index is -4.41. The second kappa shape index (κ2) is 9.95. The van der Waals surface area contributed by atoms with E-state index in [9.17, 15) is 23.1 Å². The first-order chi connectivity index (χ1) is 14.7. The predicted molar refractivity (Wildman–Crippen MR) is 108 cm³/mol. The highest BCUT2D eigenvalue weighted by Crippen LogP contribution is 2.24. The normalized spacial score (nSPS) is 17.5. The van der Waals surface area contributed by atoms with Crippen molar-refractivity contribution in [3.63, 3.8) is 0 Å². The number of alkyl halides is 3. The van der Waals surface area contributed by atoms with Crippen molar-refractivity contribution in [1.29, 1.82) is 0 Å². The first kappa shape index (κ1) is 22.8. The number of nitrogens with one attached hydrogen (secondary N) is 1. The number of aliphatic hydroxyl groups is 1. The van der Waals surface area contributed by atoms with Gasteiger partial charge >= 0.3 is 6.18 Å². The average Bonchev–Trinajstić information content (AvgIpc) is 3.21. The summed E-state index contributed by atoms with van der Waals surface area (Å²) in [6.07, 6.45) is 0.514. The van der Waals surface area contributed by atoms with Gasteiger partial charge in [0.1, 0.15) is 11.6 Å². The van der Waals surface area contributed by atoms with Crippen LogP contribution in [-0.2, 0) is 11.2 Å². The van der Waals surface area contributed by atoms with Crippen molar-refractivity contribution in [2.45, 2.75) is 44.4 Å². The molecule has 3 heterocycles. The zero-order valence-corrected chi connectivity index (χ0v) is 17.1. The van der Waals surface area contributed by atoms with E-state index in [4.69, 9.17) is 0 Å². The molecule has 168 valence electrons. The number of pyridine rings is 2. The van der Waals surface area contributed by atoms with E-state index in [0.29, 0.717) is 5.69 Å². The zero-order chi connectivity index (χ0) is 22.4. The van der Waals surface area contributed by atoms with Gasteiger partial charge in [0.15, 0.2) is 6.61 Å². The summed E-state index contributed by atoms with van der Waals surface area (Å²) in [4.78, 5) is 22.9. The largest absolute Gasteiger partial charge is 0.483 e. The summed E-state index contributed by atoms with van der Waals surface area (Å²) < 4.78 is 41.2. The highest BCUT2D eigenvalue weighted by atomic mass is 19.4. The van der Waals surface area contributed by atoms with Gasteiger partial charge in [0.25, 0.3) is 0 Å². The lowest BCUT2D eigenvalue weighted by atomic mass is 10.1. The van der Waals surface area contributed by atoms with E-state index in [-0.39, 0.29) is 30.7 Å². The van der Waals surface area contributed by atoms with Gasteiger partial charge < -0.3 is 20.1 Å². The van der Waals surface area contributed by atoms with E-state index in [1.54, 1.807) is 13.1 Å². The fraction of sp³-hybridized carbons (Fsp3) is 0.476. The van der Waals surface area contributed by atoms with Crippen LogP contribution >= 0.6 is 0 Å². The monoisotopic (exact) mass is 438 g/mol. The number of carbonyl (C=O) groups excluding carboxylic acids is 1. The van der Waals surface area contributed by atoms with Crippen molar-refractivity contribution in [1.82, 2.24) is 15.3 Å². The van der Waals surface area contributed by atoms with E-state index in [1.165, 1.54) is 18.3 Å². The minimum Gasteiger partial charge on any atom is -0.483 e. The number of hydrogen-bond acceptors (Lipinski definition) is 6. The van der Waals surface area contributed by atoms with Gasteiger partial charge in [-0.2, -0.15) is 13.2 Å². The highest BCUT2D eigenvalue weighted by molar-refractivity contribution is 5.78. The van der Waals surface area contributed by atoms with Crippen molar-refractivity contribution in [2.24, 2.45) is 0 Å². The van der Waals surface area contributed by atoms with Crippen LogP contribution < -0.4 is 15.0 Å². The molecule has 3 rings (SSSR count). The molecule has 0 unspecified atom stereocenters. The van der Waals surface area contributed by atoms with Crippen molar-refractivity contribution >= 4 is 11.7 Å². The molecule has 2 atom stereocenters. The molecule has 1 aliphatic rings. The molecule has 2 aromatic heterocycles. The van der Waals surface area contributed by atoms with Gasteiger partial charge in [-0.3, -0.25) is 9.78 Å². The van der Waals surface area contributed by atoms with E-state index >= 15 is 0 Å². The van der Waals surface area contributed by atoms with E-state index in [1.807, 2.05) is 12.1 Å². The molecule has 0 spiro atoms. The van der Waals surface area contributed by atoms with Crippen LogP contribution in [0.5, 0.6) is 5.75 Å². The maximum Gasteiger partial charge on any atom is 0.422 e. The Morgan fingerprint density at radius 1 is 1.29 bits per heavy atom. The number of amides is 1. The Bertz CT molecular complexity index is 860. The van der Waals surface area contributed by atoms with Crippen LogP contribution in [0.25, 0.3) is 0 Å². The molecule has 0 aliphatic carbocycles. The molecule has 31 heavy (non-hydrogen) atoms. The van der Waals surface area contributed by atoms with Gasteiger partial charge in [-0.05, 0) is 43.5 Å². The average molecular weight is 438 g/mol. The van der Waals surface area contributed by atoms with Gasteiger partial charge in [-0.15, -0.1) is 0 Å². The van der Waals surface area contributed by atoms with Crippen LogP contribution in [0.15, 0.2) is 36.7 Å². The Morgan fingerprint density at radius 2 is 2.10 bits per heavy atom. The maximum atomic E-state index is 12.4. The molecule has 1 aliphatic heterocycles. The Hall–Kier alpha value is -2.88. The second-order valence-corrected chi connectivity index (χ2v) is 7.49. The number of nitrogens with zero attached hydrogens (tertiary/aromatic N) is 3.